The molecule has 4 aliphatic heterocycles. The van der Waals surface area contributed by atoms with Crippen LogP contribution in [0.25, 0.3) is 11.4 Å². The fraction of sp³-hybridized carbons (Fsp3) is 0.214. The Morgan fingerprint density at radius 2 is 0.737 bits per heavy atom. The van der Waals surface area contributed by atoms with Crippen LogP contribution in [-0.4, -0.2) is 27.9 Å². The fourth-order valence-corrected chi connectivity index (χ4v) is 7.98. The lowest BCUT2D eigenvalue weighted by Gasteiger charge is -2.71. The maximum atomic E-state index is 13.8. The highest BCUT2D eigenvalue weighted by Crippen LogP contribution is 2.77. The van der Waals surface area contributed by atoms with Crippen molar-refractivity contribution in [3.8, 4) is 11.4 Å². The van der Waals surface area contributed by atoms with Gasteiger partial charge in [0, 0.05) is 0 Å². The van der Waals surface area contributed by atoms with Crippen LogP contribution in [0.15, 0.2) is 116 Å². The number of hydrogen-bond donors (Lipinski definition) is 0. The molecule has 10 nitrogen and oxygen atoms in total. The Balaban J connectivity index is 1.34. The molecule has 3 aliphatic carbocycles. The highest BCUT2D eigenvalue weighted by Gasteiger charge is 2.77. The van der Waals surface area contributed by atoms with Gasteiger partial charge in [-0.05, 0) is 24.3 Å². The number of hydrogen-bond acceptors (Lipinski definition) is 4. The number of nitrogens with zero attached hydrogens (tertiary/aromatic N) is 6. The maximum Gasteiger partial charge on any atom is 0.352 e. The first-order valence-electron chi connectivity index (χ1n) is 12.6. The van der Waals surface area contributed by atoms with Crippen molar-refractivity contribution in [3.63, 3.8) is 0 Å². The van der Waals surface area contributed by atoms with Gasteiger partial charge in [0.25, 0.3) is 0 Å². The van der Waals surface area contributed by atoms with E-state index < -0.39 is 57.8 Å². The minimum Gasteiger partial charge on any atom is -0.245 e. The molecule has 0 saturated carbocycles. The molecule has 6 heterocycles. The third-order valence-corrected chi connectivity index (χ3v) is 9.39. The van der Waals surface area contributed by atoms with Gasteiger partial charge >= 0.3 is 22.8 Å². The molecule has 0 fully saturated rings. The van der Waals surface area contributed by atoms with E-state index >= 15 is 0 Å². The van der Waals surface area contributed by atoms with E-state index in [9.17, 15) is 19.2 Å². The van der Waals surface area contributed by atoms with Crippen molar-refractivity contribution in [3.05, 3.63) is 139 Å². The molecular weight excluding hydrogens is 484 g/mol. The van der Waals surface area contributed by atoms with Gasteiger partial charge in [-0.1, -0.05) is 72.9 Å². The van der Waals surface area contributed by atoms with E-state index in [1.165, 1.54) is 9.13 Å². The summed E-state index contributed by atoms with van der Waals surface area (Å²) in [5.41, 5.74) is -2.01. The van der Waals surface area contributed by atoms with E-state index in [-0.39, 0.29) is 0 Å². The van der Waals surface area contributed by atoms with E-state index in [1.807, 2.05) is 36.4 Å². The van der Waals surface area contributed by atoms with Crippen LogP contribution in [0.2, 0.25) is 0 Å². The highest BCUT2D eigenvalue weighted by atomic mass is 16.2. The standard InChI is InChI=1S/C28H20N6O4/c35-23-29(17-7-3-1-4-8-17)24(36)32-20-12-11-19(31(23)32)27-15-16-28(20,27)22-14-13-21(27)33-25(37)30(26(38)34(22)33)18-9-5-2-6-10-18/h1-16,19-22H. The van der Waals surface area contributed by atoms with Crippen molar-refractivity contribution < 1.29 is 0 Å². The molecule has 186 valence electrons. The van der Waals surface area contributed by atoms with Crippen LogP contribution in [0.5, 0.6) is 0 Å². The van der Waals surface area contributed by atoms with Crippen LogP contribution < -0.4 is 22.8 Å². The lowest BCUT2D eigenvalue weighted by molar-refractivity contribution is -0.139. The van der Waals surface area contributed by atoms with Gasteiger partial charge in [0.2, 0.25) is 0 Å². The molecule has 0 N–H and O–H groups in total. The van der Waals surface area contributed by atoms with Crippen molar-refractivity contribution in [2.75, 3.05) is 0 Å². The average molecular weight is 505 g/mol. The molecule has 4 unspecified atom stereocenters. The Bertz CT molecular complexity index is 1810. The van der Waals surface area contributed by atoms with Gasteiger partial charge in [-0.2, -0.15) is 0 Å². The van der Waals surface area contributed by atoms with Crippen LogP contribution in [0, 0.1) is 10.8 Å². The Labute approximate surface area is 213 Å². The topological polar surface area (TPSA) is 97.9 Å². The highest BCUT2D eigenvalue weighted by molar-refractivity contribution is 5.50. The summed E-state index contributed by atoms with van der Waals surface area (Å²) in [6.07, 6.45) is 12.1. The molecular formula is C28H20N6O4. The van der Waals surface area contributed by atoms with E-state index in [2.05, 4.69) is 12.2 Å². The Morgan fingerprint density at radius 1 is 0.447 bits per heavy atom. The summed E-state index contributed by atoms with van der Waals surface area (Å²) in [4.78, 5) is 55.3. The lowest BCUT2D eigenvalue weighted by Crippen LogP contribution is -2.73. The lowest BCUT2D eigenvalue weighted by atomic mass is 9.39. The van der Waals surface area contributed by atoms with Crippen molar-refractivity contribution in [1.82, 2.24) is 27.9 Å². The van der Waals surface area contributed by atoms with Crippen LogP contribution in [-0.2, 0) is 0 Å². The molecule has 7 aliphatic rings. The molecule has 0 radical (unpaired) electrons. The molecule has 0 saturated heterocycles. The van der Waals surface area contributed by atoms with Gasteiger partial charge < -0.3 is 0 Å². The predicted octanol–water partition coefficient (Wildman–Crippen LogP) is 1.49. The third-order valence-electron chi connectivity index (χ3n) is 9.39. The molecule has 38 heavy (non-hydrogen) atoms. The summed E-state index contributed by atoms with van der Waals surface area (Å²) in [7, 11) is 0. The monoisotopic (exact) mass is 504 g/mol. The van der Waals surface area contributed by atoms with Crippen LogP contribution >= 0.6 is 0 Å². The van der Waals surface area contributed by atoms with Crippen molar-refractivity contribution >= 4 is 0 Å². The van der Waals surface area contributed by atoms with Gasteiger partial charge in [0.05, 0.1) is 46.4 Å². The van der Waals surface area contributed by atoms with Gasteiger partial charge in [0.1, 0.15) is 0 Å². The molecule has 0 spiro atoms. The summed E-state index contributed by atoms with van der Waals surface area (Å²) < 4.78 is 8.63. The molecule has 4 aromatic rings. The number of para-hydroxylation sites is 2. The quantitative estimate of drug-likeness (QED) is 0.387. The van der Waals surface area contributed by atoms with Crippen molar-refractivity contribution in [2.45, 2.75) is 24.2 Å². The van der Waals surface area contributed by atoms with Gasteiger partial charge in [-0.25, -0.2) is 47.0 Å². The third kappa shape index (κ3) is 1.81. The normalized spacial score (nSPS) is 32.0. The van der Waals surface area contributed by atoms with Crippen LogP contribution in [0.3, 0.4) is 0 Å². The average Bonchev–Trinajstić information content (AvgIpc) is 3.36. The summed E-state index contributed by atoms with van der Waals surface area (Å²) in [6, 6.07) is 15.8. The van der Waals surface area contributed by atoms with Crippen molar-refractivity contribution in [2.24, 2.45) is 10.8 Å². The minimum absolute atomic E-state index is 0.416. The van der Waals surface area contributed by atoms with Gasteiger partial charge in [-0.3, -0.25) is 0 Å². The molecule has 4 bridgehead atoms. The Hall–Kier alpha value is -4.86. The SMILES string of the molecule is O=c1n(-c2ccccc2)c(=O)n2n1C1C=CC2C23C=CC12C1C=CC3n2c(=O)n(-c3ccccc3)c(=O)n21. The zero-order valence-electron chi connectivity index (χ0n) is 19.9. The molecule has 11 rings (SSSR count). The largest absolute Gasteiger partial charge is 0.352 e. The summed E-state index contributed by atoms with van der Waals surface area (Å²) in [5.74, 6) is 0. The smallest absolute Gasteiger partial charge is 0.245 e. The first-order valence-corrected chi connectivity index (χ1v) is 12.6. The second-order valence-electron chi connectivity index (χ2n) is 10.6. The summed E-state index contributed by atoms with van der Waals surface area (Å²) in [5, 5.41) is 0. The Morgan fingerprint density at radius 3 is 1.00 bits per heavy atom. The maximum absolute atomic E-state index is 13.8. The van der Waals surface area contributed by atoms with Gasteiger partial charge in [-0.15, -0.1) is 0 Å². The molecule has 2 aromatic carbocycles. The molecule has 10 heteroatoms. The summed E-state index contributed by atoms with van der Waals surface area (Å²) >= 11 is 0. The van der Waals surface area contributed by atoms with E-state index in [0.717, 1.165) is 0 Å². The zero-order valence-corrected chi connectivity index (χ0v) is 19.9. The fourth-order valence-electron chi connectivity index (χ4n) is 7.98. The number of allylic oxidation sites excluding steroid dienone is 6. The van der Waals surface area contributed by atoms with E-state index in [1.54, 1.807) is 67.3 Å². The van der Waals surface area contributed by atoms with E-state index in [4.69, 9.17) is 0 Å². The summed E-state index contributed by atoms with van der Waals surface area (Å²) in [6.45, 7) is 0. The molecule has 4 atom stereocenters. The Kier molecular flexibility index (Phi) is 3.28. The van der Waals surface area contributed by atoms with Crippen molar-refractivity contribution in [1.29, 1.82) is 0 Å². The second-order valence-corrected chi connectivity index (χ2v) is 10.6. The number of aromatic nitrogens is 6. The predicted molar refractivity (Wildman–Crippen MR) is 137 cm³/mol. The van der Waals surface area contributed by atoms with Crippen LogP contribution in [0.4, 0.5) is 0 Å². The first kappa shape index (κ1) is 20.2. The zero-order chi connectivity index (χ0) is 25.6. The molecule has 0 amide bonds. The molecule has 2 aromatic heterocycles. The second kappa shape index (κ2) is 6.16. The van der Waals surface area contributed by atoms with Gasteiger partial charge in [0.15, 0.2) is 0 Å². The number of benzene rings is 2. The number of rotatable bonds is 2. The van der Waals surface area contributed by atoms with E-state index in [0.29, 0.717) is 11.4 Å². The van der Waals surface area contributed by atoms with Crippen LogP contribution in [0.1, 0.15) is 24.2 Å². The first-order chi connectivity index (χ1) is 18.5. The minimum atomic E-state index is -0.676.